The molecule has 2 rings (SSSR count). The van der Waals surface area contributed by atoms with Crippen LogP contribution in [0.25, 0.3) is 0 Å². The van der Waals surface area contributed by atoms with Crippen molar-refractivity contribution in [2.45, 2.75) is 12.8 Å². The summed E-state index contributed by atoms with van der Waals surface area (Å²) in [6.07, 6.45) is 5.41. The molecule has 0 aromatic rings. The van der Waals surface area contributed by atoms with Gasteiger partial charge in [0.1, 0.15) is 0 Å². The predicted molar refractivity (Wildman–Crippen MR) is 49.6 cm³/mol. The molecular weight excluding hydrogens is 182 g/mol. The van der Waals surface area contributed by atoms with E-state index in [-0.39, 0.29) is 11.8 Å². The summed E-state index contributed by atoms with van der Waals surface area (Å²) in [5.41, 5.74) is 0. The summed E-state index contributed by atoms with van der Waals surface area (Å²) in [6, 6.07) is 0. The molecule has 76 valence electrons. The van der Waals surface area contributed by atoms with E-state index in [9.17, 15) is 9.59 Å². The average Bonchev–Trinajstić information content (AvgIpc) is 2.97. The highest BCUT2D eigenvalue weighted by molar-refractivity contribution is 5.89. The lowest BCUT2D eigenvalue weighted by Crippen LogP contribution is -2.35. The molecule has 0 bridgehead atoms. The normalized spacial score (nSPS) is 30.1. The summed E-state index contributed by atoms with van der Waals surface area (Å²) in [7, 11) is 0. The fraction of sp³-hybridized carbons (Fsp3) is 0.600. The molecule has 0 unspecified atom stereocenters. The van der Waals surface area contributed by atoms with Crippen LogP contribution in [0.1, 0.15) is 12.8 Å². The van der Waals surface area contributed by atoms with E-state index in [4.69, 9.17) is 5.11 Å². The number of carbonyl (C=O) groups is 2. The third-order valence-electron chi connectivity index (χ3n) is 2.79. The van der Waals surface area contributed by atoms with Crippen LogP contribution in [0.15, 0.2) is 12.2 Å². The van der Waals surface area contributed by atoms with Crippen molar-refractivity contribution in [3.05, 3.63) is 12.2 Å². The van der Waals surface area contributed by atoms with E-state index in [0.29, 0.717) is 13.0 Å². The van der Waals surface area contributed by atoms with Crippen LogP contribution < -0.4 is 0 Å². The van der Waals surface area contributed by atoms with Gasteiger partial charge >= 0.3 is 5.97 Å². The third kappa shape index (κ3) is 1.64. The summed E-state index contributed by atoms with van der Waals surface area (Å²) in [4.78, 5) is 24.0. The minimum Gasteiger partial charge on any atom is -0.481 e. The first-order chi connectivity index (χ1) is 6.70. The lowest BCUT2D eigenvalue weighted by molar-refractivity contribution is -0.141. The van der Waals surface area contributed by atoms with E-state index in [1.54, 1.807) is 4.90 Å². The Bertz CT molecular complexity index is 298. The molecule has 1 aliphatic heterocycles. The van der Waals surface area contributed by atoms with Gasteiger partial charge in [0.15, 0.2) is 0 Å². The van der Waals surface area contributed by atoms with Gasteiger partial charge in [0, 0.05) is 13.1 Å². The predicted octanol–water partition coefficient (Wildman–Crippen LogP) is 0.496. The van der Waals surface area contributed by atoms with Gasteiger partial charge in [-0.3, -0.25) is 9.59 Å². The number of carbonyl (C=O) groups excluding carboxylic acids is 1. The molecule has 4 heteroatoms. The standard InChI is InChI=1S/C10H13NO3/c12-9(7-6-8(7)10(13)14)11-4-2-1-3-5-11/h1-2,7-8H,3-6H2,(H,13,14)/t7-,8+/m1/s1. The second-order valence-corrected chi connectivity index (χ2v) is 3.83. The maximum atomic E-state index is 11.7. The Morgan fingerprint density at radius 3 is 2.57 bits per heavy atom. The van der Waals surface area contributed by atoms with Gasteiger partial charge in [-0.15, -0.1) is 0 Å². The third-order valence-corrected chi connectivity index (χ3v) is 2.79. The fourth-order valence-corrected chi connectivity index (χ4v) is 1.82. The van der Waals surface area contributed by atoms with Crippen molar-refractivity contribution < 1.29 is 14.7 Å². The largest absolute Gasteiger partial charge is 0.481 e. The monoisotopic (exact) mass is 195 g/mol. The maximum absolute atomic E-state index is 11.7. The van der Waals surface area contributed by atoms with Crippen LogP contribution >= 0.6 is 0 Å². The molecule has 0 radical (unpaired) electrons. The molecule has 1 saturated carbocycles. The molecule has 0 aromatic carbocycles. The number of hydrogen-bond donors (Lipinski definition) is 1. The van der Waals surface area contributed by atoms with Gasteiger partial charge in [-0.1, -0.05) is 12.2 Å². The van der Waals surface area contributed by atoms with E-state index in [1.807, 2.05) is 12.2 Å². The molecule has 0 spiro atoms. The Morgan fingerprint density at radius 2 is 2.07 bits per heavy atom. The fourth-order valence-electron chi connectivity index (χ4n) is 1.82. The van der Waals surface area contributed by atoms with Crippen molar-refractivity contribution in [1.82, 2.24) is 4.90 Å². The molecule has 14 heavy (non-hydrogen) atoms. The second kappa shape index (κ2) is 3.44. The first-order valence-electron chi connectivity index (χ1n) is 4.86. The van der Waals surface area contributed by atoms with Crippen molar-refractivity contribution in [1.29, 1.82) is 0 Å². The molecule has 4 nitrogen and oxygen atoms in total. The molecule has 1 fully saturated rings. The number of carboxylic acids is 1. The second-order valence-electron chi connectivity index (χ2n) is 3.83. The number of hydrogen-bond acceptors (Lipinski definition) is 2. The summed E-state index contributed by atoms with van der Waals surface area (Å²) >= 11 is 0. The minimum absolute atomic E-state index is 0.0155. The Morgan fingerprint density at radius 1 is 1.29 bits per heavy atom. The summed E-state index contributed by atoms with van der Waals surface area (Å²) in [6.45, 7) is 1.37. The lowest BCUT2D eigenvalue weighted by atomic mass is 10.2. The Balaban J connectivity index is 1.91. The first kappa shape index (κ1) is 9.24. The van der Waals surface area contributed by atoms with Crippen LogP contribution in [0.5, 0.6) is 0 Å². The molecule has 1 amide bonds. The van der Waals surface area contributed by atoms with Gasteiger partial charge in [-0.05, 0) is 12.8 Å². The smallest absolute Gasteiger partial charge is 0.307 e. The summed E-state index contributed by atoms with van der Waals surface area (Å²) < 4.78 is 0. The molecule has 1 heterocycles. The molecule has 1 N–H and O–H groups in total. The molecule has 2 aliphatic rings. The van der Waals surface area contributed by atoms with E-state index >= 15 is 0 Å². The molecule has 0 saturated heterocycles. The van der Waals surface area contributed by atoms with Gasteiger partial charge < -0.3 is 10.0 Å². The quantitative estimate of drug-likeness (QED) is 0.652. The Hall–Kier alpha value is -1.32. The van der Waals surface area contributed by atoms with Crippen LogP contribution in [0.4, 0.5) is 0 Å². The van der Waals surface area contributed by atoms with Crippen molar-refractivity contribution in [3.63, 3.8) is 0 Å². The zero-order valence-corrected chi connectivity index (χ0v) is 7.85. The zero-order chi connectivity index (χ0) is 10.1. The van der Waals surface area contributed by atoms with Crippen molar-refractivity contribution in [2.75, 3.05) is 13.1 Å². The molecular formula is C10H13NO3. The molecule has 2 atom stereocenters. The van der Waals surface area contributed by atoms with Crippen LogP contribution in [0, 0.1) is 11.8 Å². The van der Waals surface area contributed by atoms with Crippen molar-refractivity contribution in [3.8, 4) is 0 Å². The lowest BCUT2D eigenvalue weighted by Gasteiger charge is -2.23. The zero-order valence-electron chi connectivity index (χ0n) is 7.85. The van der Waals surface area contributed by atoms with Gasteiger partial charge in [0.05, 0.1) is 11.8 Å². The Kier molecular flexibility index (Phi) is 2.27. The molecule has 0 aromatic heterocycles. The van der Waals surface area contributed by atoms with E-state index in [2.05, 4.69) is 0 Å². The number of rotatable bonds is 2. The van der Waals surface area contributed by atoms with Crippen LogP contribution in [-0.4, -0.2) is 35.0 Å². The van der Waals surface area contributed by atoms with E-state index < -0.39 is 11.9 Å². The minimum atomic E-state index is -0.837. The van der Waals surface area contributed by atoms with Gasteiger partial charge in [0.25, 0.3) is 0 Å². The number of nitrogens with zero attached hydrogens (tertiary/aromatic N) is 1. The van der Waals surface area contributed by atoms with Crippen molar-refractivity contribution in [2.24, 2.45) is 11.8 Å². The number of aliphatic carboxylic acids is 1. The highest BCUT2D eigenvalue weighted by Crippen LogP contribution is 2.40. The highest BCUT2D eigenvalue weighted by atomic mass is 16.4. The SMILES string of the molecule is O=C(O)[C@H]1C[C@H]1C(=O)N1CC=CCC1. The first-order valence-corrected chi connectivity index (χ1v) is 4.86. The topological polar surface area (TPSA) is 57.6 Å². The average molecular weight is 195 g/mol. The molecule has 1 aliphatic carbocycles. The highest BCUT2D eigenvalue weighted by Gasteiger charge is 2.49. The van der Waals surface area contributed by atoms with E-state index in [0.717, 1.165) is 13.0 Å². The summed E-state index contributed by atoms with van der Waals surface area (Å²) in [5.74, 6) is -1.50. The van der Waals surface area contributed by atoms with E-state index in [1.165, 1.54) is 0 Å². The van der Waals surface area contributed by atoms with Gasteiger partial charge in [-0.25, -0.2) is 0 Å². The number of carboxylic acid groups (broad SMARTS) is 1. The van der Waals surface area contributed by atoms with Crippen LogP contribution in [-0.2, 0) is 9.59 Å². The number of amides is 1. The van der Waals surface area contributed by atoms with Crippen LogP contribution in [0.3, 0.4) is 0 Å². The van der Waals surface area contributed by atoms with Gasteiger partial charge in [0.2, 0.25) is 5.91 Å². The van der Waals surface area contributed by atoms with Crippen LogP contribution in [0.2, 0.25) is 0 Å². The Labute approximate surface area is 82.2 Å². The van der Waals surface area contributed by atoms with Crippen molar-refractivity contribution >= 4 is 11.9 Å². The summed E-state index contributed by atoms with van der Waals surface area (Å²) in [5, 5.41) is 8.69. The maximum Gasteiger partial charge on any atom is 0.307 e. The van der Waals surface area contributed by atoms with Gasteiger partial charge in [-0.2, -0.15) is 0 Å².